The van der Waals surface area contributed by atoms with Crippen LogP contribution in [0.25, 0.3) is 0 Å². The minimum absolute atomic E-state index is 0.299. The Morgan fingerprint density at radius 2 is 2.05 bits per heavy atom. The summed E-state index contributed by atoms with van der Waals surface area (Å²) in [5, 5.41) is 12.8. The van der Waals surface area contributed by atoms with Gasteiger partial charge in [0, 0.05) is 0 Å². The summed E-state index contributed by atoms with van der Waals surface area (Å²) >= 11 is 0. The molecule has 0 aromatic heterocycles. The number of nitrogens with zero attached hydrogens (tertiary/aromatic N) is 2. The smallest absolute Gasteiger partial charge is 0.106 e. The first-order valence-corrected chi connectivity index (χ1v) is 8.58. The lowest BCUT2D eigenvalue weighted by Gasteiger charge is -2.28. The van der Waals surface area contributed by atoms with Gasteiger partial charge in [-0.15, -0.1) is 0 Å². The molecule has 1 fully saturated rings. The normalized spacial score (nSPS) is 23.8. The minimum atomic E-state index is -0.299. The van der Waals surface area contributed by atoms with Crippen LogP contribution in [0.3, 0.4) is 0 Å². The van der Waals surface area contributed by atoms with Crippen LogP contribution in [-0.2, 0) is 0 Å². The highest BCUT2D eigenvalue weighted by atomic mass is 15.1. The summed E-state index contributed by atoms with van der Waals surface area (Å²) in [6.45, 7) is 11.1. The molecule has 0 aromatic carbocycles. The average molecular weight is 279 g/mol. The summed E-state index contributed by atoms with van der Waals surface area (Å²) < 4.78 is 0. The van der Waals surface area contributed by atoms with Crippen LogP contribution >= 0.6 is 0 Å². The number of rotatable bonds is 8. The number of hydrogen-bond acceptors (Lipinski definition) is 3. The lowest BCUT2D eigenvalue weighted by atomic mass is 9.92. The van der Waals surface area contributed by atoms with Gasteiger partial charge in [0.25, 0.3) is 0 Å². The molecule has 1 heterocycles. The van der Waals surface area contributed by atoms with E-state index in [4.69, 9.17) is 0 Å². The highest BCUT2D eigenvalue weighted by Crippen LogP contribution is 2.21. The Morgan fingerprint density at radius 1 is 1.25 bits per heavy atom. The first-order valence-electron chi connectivity index (χ1n) is 8.58. The average Bonchev–Trinajstić information content (AvgIpc) is 2.71. The predicted molar refractivity (Wildman–Crippen MR) is 85.6 cm³/mol. The molecule has 1 N–H and O–H groups in total. The van der Waals surface area contributed by atoms with E-state index < -0.39 is 0 Å². The maximum absolute atomic E-state index is 9.43. The second-order valence-corrected chi connectivity index (χ2v) is 6.23. The lowest BCUT2D eigenvalue weighted by molar-refractivity contribution is 0.258. The number of nitriles is 1. The van der Waals surface area contributed by atoms with E-state index in [2.05, 4.69) is 37.1 Å². The molecular weight excluding hydrogens is 246 g/mol. The molecule has 1 aliphatic rings. The van der Waals surface area contributed by atoms with Crippen LogP contribution in [0.2, 0.25) is 0 Å². The molecule has 2 unspecified atom stereocenters. The lowest BCUT2D eigenvalue weighted by Crippen LogP contribution is -2.43. The van der Waals surface area contributed by atoms with E-state index in [0.717, 1.165) is 38.3 Å². The molecule has 3 heteroatoms. The van der Waals surface area contributed by atoms with Gasteiger partial charge in [0.15, 0.2) is 0 Å². The van der Waals surface area contributed by atoms with Gasteiger partial charge < -0.3 is 4.90 Å². The van der Waals surface area contributed by atoms with E-state index in [9.17, 15) is 5.26 Å². The van der Waals surface area contributed by atoms with E-state index in [0.29, 0.717) is 0 Å². The second kappa shape index (κ2) is 9.37. The molecule has 20 heavy (non-hydrogen) atoms. The highest BCUT2D eigenvalue weighted by Gasteiger charge is 2.26. The van der Waals surface area contributed by atoms with Crippen molar-refractivity contribution >= 4 is 0 Å². The van der Waals surface area contributed by atoms with E-state index in [-0.39, 0.29) is 5.54 Å². The van der Waals surface area contributed by atoms with Gasteiger partial charge in [-0.2, -0.15) is 5.26 Å². The maximum Gasteiger partial charge on any atom is 0.106 e. The molecule has 0 spiro atoms. The number of hydrogen-bond donors (Lipinski definition) is 1. The Morgan fingerprint density at radius 3 is 2.65 bits per heavy atom. The molecule has 0 bridgehead atoms. The van der Waals surface area contributed by atoms with Crippen molar-refractivity contribution in [1.29, 1.82) is 5.26 Å². The fourth-order valence-electron chi connectivity index (χ4n) is 3.36. The van der Waals surface area contributed by atoms with Crippen LogP contribution in [0.5, 0.6) is 0 Å². The summed E-state index contributed by atoms with van der Waals surface area (Å²) in [5.74, 6) is 0.940. The minimum Gasteiger partial charge on any atom is -0.303 e. The van der Waals surface area contributed by atoms with Gasteiger partial charge in [0.05, 0.1) is 6.07 Å². The monoisotopic (exact) mass is 279 g/mol. The van der Waals surface area contributed by atoms with Crippen LogP contribution in [0, 0.1) is 17.2 Å². The van der Waals surface area contributed by atoms with Crippen molar-refractivity contribution in [2.24, 2.45) is 5.92 Å². The molecular formula is C17H33N3. The Bertz CT molecular complexity index is 297. The molecule has 0 aliphatic carbocycles. The quantitative estimate of drug-likeness (QED) is 0.738. The SMILES string of the molecule is CCNC(C#N)(CC)CCCN1CCCC(CC)CC1. The summed E-state index contributed by atoms with van der Waals surface area (Å²) in [6.07, 6.45) is 8.45. The van der Waals surface area contributed by atoms with E-state index in [1.807, 2.05) is 0 Å². The molecule has 0 saturated carbocycles. The maximum atomic E-state index is 9.43. The van der Waals surface area contributed by atoms with Crippen molar-refractivity contribution in [3.63, 3.8) is 0 Å². The predicted octanol–water partition coefficient (Wildman–Crippen LogP) is 3.56. The zero-order valence-electron chi connectivity index (χ0n) is 13.7. The topological polar surface area (TPSA) is 39.1 Å². The van der Waals surface area contributed by atoms with Crippen molar-refractivity contribution in [2.75, 3.05) is 26.2 Å². The van der Waals surface area contributed by atoms with Crippen LogP contribution in [0.4, 0.5) is 0 Å². The van der Waals surface area contributed by atoms with Gasteiger partial charge in [-0.25, -0.2) is 0 Å². The van der Waals surface area contributed by atoms with Gasteiger partial charge in [-0.3, -0.25) is 5.32 Å². The first kappa shape index (κ1) is 17.5. The van der Waals surface area contributed by atoms with E-state index in [1.165, 1.54) is 38.8 Å². The standard InChI is InChI=1S/C17H33N3/c1-4-16-9-7-12-20(14-10-16)13-8-11-17(5-2,15-18)19-6-3/h16,19H,4-14H2,1-3H3. The van der Waals surface area contributed by atoms with Gasteiger partial charge in [0.2, 0.25) is 0 Å². The largest absolute Gasteiger partial charge is 0.303 e. The van der Waals surface area contributed by atoms with Crippen molar-refractivity contribution < 1.29 is 0 Å². The zero-order valence-corrected chi connectivity index (χ0v) is 13.7. The van der Waals surface area contributed by atoms with Gasteiger partial charge in [-0.1, -0.05) is 27.2 Å². The molecule has 116 valence electrons. The molecule has 3 nitrogen and oxygen atoms in total. The third kappa shape index (κ3) is 5.42. The molecule has 2 atom stereocenters. The fraction of sp³-hybridized carbons (Fsp3) is 0.941. The molecule has 0 aromatic rings. The van der Waals surface area contributed by atoms with E-state index in [1.54, 1.807) is 0 Å². The molecule has 1 rings (SSSR count). The van der Waals surface area contributed by atoms with Crippen LogP contribution in [0.15, 0.2) is 0 Å². The first-order chi connectivity index (χ1) is 9.69. The Kier molecular flexibility index (Phi) is 8.18. The molecule has 1 aliphatic heterocycles. The second-order valence-electron chi connectivity index (χ2n) is 6.23. The summed E-state index contributed by atoms with van der Waals surface area (Å²) in [4.78, 5) is 2.61. The van der Waals surface area contributed by atoms with Crippen molar-refractivity contribution in [3.8, 4) is 6.07 Å². The Labute approximate surface area is 125 Å². The zero-order chi connectivity index (χ0) is 14.8. The highest BCUT2D eigenvalue weighted by molar-refractivity contribution is 5.06. The third-order valence-corrected chi connectivity index (χ3v) is 4.93. The summed E-state index contributed by atoms with van der Waals surface area (Å²) in [5.41, 5.74) is -0.299. The van der Waals surface area contributed by atoms with Crippen LogP contribution < -0.4 is 5.32 Å². The number of likely N-dealkylation sites (tertiary alicyclic amines) is 1. The molecule has 0 amide bonds. The van der Waals surface area contributed by atoms with Gasteiger partial charge in [-0.05, 0) is 70.6 Å². The summed E-state index contributed by atoms with van der Waals surface area (Å²) in [6, 6.07) is 2.50. The van der Waals surface area contributed by atoms with Crippen molar-refractivity contribution in [2.45, 2.75) is 71.3 Å². The van der Waals surface area contributed by atoms with Crippen molar-refractivity contribution in [3.05, 3.63) is 0 Å². The van der Waals surface area contributed by atoms with Crippen LogP contribution in [0.1, 0.15) is 65.7 Å². The summed E-state index contributed by atoms with van der Waals surface area (Å²) in [7, 11) is 0. The Hall–Kier alpha value is -0.590. The van der Waals surface area contributed by atoms with Gasteiger partial charge >= 0.3 is 0 Å². The fourth-order valence-corrected chi connectivity index (χ4v) is 3.36. The Balaban J connectivity index is 2.34. The molecule has 1 saturated heterocycles. The third-order valence-electron chi connectivity index (χ3n) is 4.93. The van der Waals surface area contributed by atoms with Crippen molar-refractivity contribution in [1.82, 2.24) is 10.2 Å². The van der Waals surface area contributed by atoms with E-state index >= 15 is 0 Å². The van der Waals surface area contributed by atoms with Crippen LogP contribution in [-0.4, -0.2) is 36.6 Å². The van der Waals surface area contributed by atoms with Gasteiger partial charge in [0.1, 0.15) is 5.54 Å². The molecule has 0 radical (unpaired) electrons. The number of nitrogens with one attached hydrogen (secondary N) is 1.